The van der Waals surface area contributed by atoms with Gasteiger partial charge in [0.25, 0.3) is 0 Å². The molecule has 0 nitrogen and oxygen atoms in total. The molecule has 0 bridgehead atoms. The molecule has 1 aliphatic carbocycles. The fourth-order valence-electron chi connectivity index (χ4n) is 1.93. The summed E-state index contributed by atoms with van der Waals surface area (Å²) in [6, 6.07) is 6.72. The van der Waals surface area contributed by atoms with E-state index in [-0.39, 0.29) is 24.8 Å². The second-order valence-corrected chi connectivity index (χ2v) is 5.01. The van der Waals surface area contributed by atoms with E-state index in [4.69, 9.17) is 0 Å². The van der Waals surface area contributed by atoms with Gasteiger partial charge in [-0.15, -0.1) is 0 Å². The van der Waals surface area contributed by atoms with Gasteiger partial charge in [0.2, 0.25) is 0 Å². The van der Waals surface area contributed by atoms with Crippen LogP contribution < -0.4 is 24.8 Å². The zero-order valence-electron chi connectivity index (χ0n) is 8.85. The Morgan fingerprint density at radius 3 is 2.53 bits per heavy atom. The molecule has 0 N–H and O–H groups in total. The molecule has 1 atom stereocenters. The molecule has 15 heavy (non-hydrogen) atoms. The smallest absolute Gasteiger partial charge is 1.00 e. The standard InChI is InChI=1S/C12H13.2ClH.Zr/c1-3-10-5-4-6-11-7-9(2)8-12(10)11;;;/h4-8H,3H2,1-2H3;2*1H;/q;;;+2/p-2. The van der Waals surface area contributed by atoms with E-state index in [1.807, 2.05) is 0 Å². The SMILES string of the molecule is CCc1cccc2c1C=C(C)[CH]2[Zr+2].[Cl-].[Cl-]. The molecule has 0 saturated carbocycles. The van der Waals surface area contributed by atoms with Gasteiger partial charge in [-0.2, -0.15) is 0 Å². The van der Waals surface area contributed by atoms with Crippen LogP contribution in [0.4, 0.5) is 0 Å². The third-order valence-corrected chi connectivity index (χ3v) is 4.63. The van der Waals surface area contributed by atoms with E-state index >= 15 is 0 Å². The van der Waals surface area contributed by atoms with Crippen LogP contribution in [0, 0.1) is 0 Å². The number of hydrogen-bond donors (Lipinski definition) is 0. The Kier molecular flexibility index (Phi) is 6.41. The minimum atomic E-state index is 0. The van der Waals surface area contributed by atoms with E-state index in [9.17, 15) is 0 Å². The maximum atomic E-state index is 2.37. The Hall–Kier alpha value is 0.423. The summed E-state index contributed by atoms with van der Waals surface area (Å²) in [4.78, 5) is 0. The average molecular weight is 319 g/mol. The maximum absolute atomic E-state index is 2.37. The summed E-state index contributed by atoms with van der Waals surface area (Å²) in [7, 11) is 0. The van der Waals surface area contributed by atoms with Crippen LogP contribution in [0.3, 0.4) is 0 Å². The first-order chi connectivity index (χ1) is 6.24. The molecule has 79 valence electrons. The van der Waals surface area contributed by atoms with Gasteiger partial charge in [0.15, 0.2) is 0 Å². The second kappa shape index (κ2) is 6.23. The number of hydrogen-bond acceptors (Lipinski definition) is 0. The fourth-order valence-corrected chi connectivity index (χ4v) is 2.75. The largest absolute Gasteiger partial charge is 1.00 e. The molecule has 1 aromatic rings. The number of benzene rings is 1. The van der Waals surface area contributed by atoms with Gasteiger partial charge < -0.3 is 24.8 Å². The molecule has 0 amide bonds. The van der Waals surface area contributed by atoms with Crippen molar-refractivity contribution >= 4 is 6.08 Å². The minimum absolute atomic E-state index is 0. The summed E-state index contributed by atoms with van der Waals surface area (Å²) in [6.07, 6.45) is 3.52. The number of rotatable bonds is 1. The summed E-state index contributed by atoms with van der Waals surface area (Å²) in [6.45, 7) is 4.48. The number of fused-ring (bicyclic) bond motifs is 1. The van der Waals surface area contributed by atoms with E-state index in [0.29, 0.717) is 3.63 Å². The van der Waals surface area contributed by atoms with Crippen molar-refractivity contribution in [1.29, 1.82) is 0 Å². The van der Waals surface area contributed by atoms with Crippen LogP contribution in [-0.4, -0.2) is 0 Å². The number of halogens is 2. The monoisotopic (exact) mass is 317 g/mol. The van der Waals surface area contributed by atoms with Gasteiger partial charge in [-0.25, -0.2) is 0 Å². The van der Waals surface area contributed by atoms with Crippen LogP contribution in [0.5, 0.6) is 0 Å². The quantitative estimate of drug-likeness (QED) is 0.527. The molecule has 3 heteroatoms. The molecule has 1 aliphatic rings. The second-order valence-electron chi connectivity index (χ2n) is 3.59. The summed E-state index contributed by atoms with van der Waals surface area (Å²) >= 11 is 1.61. The van der Waals surface area contributed by atoms with Crippen LogP contribution in [0.1, 0.15) is 34.2 Å². The van der Waals surface area contributed by atoms with Gasteiger partial charge in [0.1, 0.15) is 0 Å². The first-order valence-corrected chi connectivity index (χ1v) is 6.17. The molecule has 0 heterocycles. The minimum Gasteiger partial charge on any atom is -1.00 e. The number of aryl methyl sites for hydroxylation is 1. The topological polar surface area (TPSA) is 0 Å². The van der Waals surface area contributed by atoms with Gasteiger partial charge in [-0.3, -0.25) is 0 Å². The van der Waals surface area contributed by atoms with Gasteiger partial charge in [-0.05, 0) is 0 Å². The normalized spacial score (nSPS) is 17.3. The van der Waals surface area contributed by atoms with Crippen molar-refractivity contribution in [3.05, 3.63) is 40.5 Å². The summed E-state index contributed by atoms with van der Waals surface area (Å²) in [5.74, 6) is 0. The summed E-state index contributed by atoms with van der Waals surface area (Å²) in [5, 5.41) is 0. The predicted octanol–water partition coefficient (Wildman–Crippen LogP) is -2.74. The molecule has 1 unspecified atom stereocenters. The third kappa shape index (κ3) is 2.76. The first kappa shape index (κ1) is 15.4. The Morgan fingerprint density at radius 2 is 1.93 bits per heavy atom. The molecular weight excluding hydrogens is 306 g/mol. The molecule has 2 rings (SSSR count). The fraction of sp³-hybridized carbons (Fsp3) is 0.333. The van der Waals surface area contributed by atoms with Crippen molar-refractivity contribution in [1.82, 2.24) is 0 Å². The van der Waals surface area contributed by atoms with Crippen molar-refractivity contribution in [3.63, 3.8) is 0 Å². The molecule has 0 radical (unpaired) electrons. The Morgan fingerprint density at radius 1 is 1.27 bits per heavy atom. The van der Waals surface area contributed by atoms with Gasteiger partial charge in [-0.1, -0.05) is 0 Å². The van der Waals surface area contributed by atoms with Crippen LogP contribution in [0.2, 0.25) is 0 Å². The van der Waals surface area contributed by atoms with E-state index in [1.165, 1.54) is 16.7 Å². The molecule has 1 aromatic carbocycles. The molecule has 0 fully saturated rings. The van der Waals surface area contributed by atoms with Crippen molar-refractivity contribution in [2.24, 2.45) is 0 Å². The Balaban J connectivity index is 0.000000980. The average Bonchev–Trinajstić information content (AvgIpc) is 2.43. The summed E-state index contributed by atoms with van der Waals surface area (Å²) < 4.78 is 0.716. The van der Waals surface area contributed by atoms with Gasteiger partial charge in [0, 0.05) is 0 Å². The van der Waals surface area contributed by atoms with E-state index in [0.717, 1.165) is 6.42 Å². The molecule has 0 aliphatic heterocycles. The first-order valence-electron chi connectivity index (χ1n) is 4.75. The number of allylic oxidation sites excluding steroid dienone is 1. The summed E-state index contributed by atoms with van der Waals surface area (Å²) in [5.41, 5.74) is 6.09. The van der Waals surface area contributed by atoms with Gasteiger partial charge >= 0.3 is 95.2 Å². The van der Waals surface area contributed by atoms with Crippen LogP contribution in [-0.2, 0) is 31.1 Å². The van der Waals surface area contributed by atoms with Crippen molar-refractivity contribution in [3.8, 4) is 0 Å². The van der Waals surface area contributed by atoms with Crippen LogP contribution in [0.25, 0.3) is 6.08 Å². The van der Waals surface area contributed by atoms with E-state index in [2.05, 4.69) is 38.1 Å². The molecular formula is C12H13Cl2Zr. The van der Waals surface area contributed by atoms with E-state index in [1.54, 1.807) is 30.3 Å². The molecule has 0 aromatic heterocycles. The molecule has 0 spiro atoms. The van der Waals surface area contributed by atoms with Crippen LogP contribution >= 0.6 is 0 Å². The third-order valence-electron chi connectivity index (χ3n) is 2.75. The Labute approximate surface area is 119 Å². The Bertz CT molecular complexity index is 372. The van der Waals surface area contributed by atoms with E-state index < -0.39 is 0 Å². The van der Waals surface area contributed by atoms with Gasteiger partial charge in [0.05, 0.1) is 0 Å². The van der Waals surface area contributed by atoms with Crippen molar-refractivity contribution < 1.29 is 49.5 Å². The zero-order valence-corrected chi connectivity index (χ0v) is 12.8. The molecule has 0 saturated heterocycles. The zero-order chi connectivity index (χ0) is 9.42. The van der Waals surface area contributed by atoms with Crippen LogP contribution in [0.15, 0.2) is 23.8 Å². The van der Waals surface area contributed by atoms with Crippen molar-refractivity contribution in [2.75, 3.05) is 0 Å². The van der Waals surface area contributed by atoms with Crippen molar-refractivity contribution in [2.45, 2.75) is 23.9 Å². The maximum Gasteiger partial charge on any atom is -1.00 e. The predicted molar refractivity (Wildman–Crippen MR) is 52.2 cm³/mol.